The molecule has 1 aromatic heterocycles. The number of hydrogen-bond donors (Lipinski definition) is 3. The minimum absolute atomic E-state index is 0.289. The molecule has 8 heteroatoms. The van der Waals surface area contributed by atoms with Gasteiger partial charge in [0.1, 0.15) is 11.9 Å². The van der Waals surface area contributed by atoms with Gasteiger partial charge in [0.05, 0.1) is 11.6 Å². The Morgan fingerprint density at radius 2 is 2.21 bits per heavy atom. The number of fused-ring (bicyclic) bond motifs is 1. The summed E-state index contributed by atoms with van der Waals surface area (Å²) in [5.74, 6) is 0.0822. The topological polar surface area (TPSA) is 118 Å². The summed E-state index contributed by atoms with van der Waals surface area (Å²) in [6, 6.07) is 11.6. The number of carbonyl (C=O) groups is 2. The maximum atomic E-state index is 12.5. The van der Waals surface area contributed by atoms with E-state index in [0.29, 0.717) is 24.4 Å². The number of nitriles is 1. The van der Waals surface area contributed by atoms with Gasteiger partial charge < -0.3 is 20.6 Å². The third-order valence-corrected chi connectivity index (χ3v) is 6.72. The SMILES string of the molecule is N#Cc1cccc(C(=O)NC(CCN2CC[C@@H](CCc3ccc4c(n3)NCCC4)C2)C(=O)O)c1. The van der Waals surface area contributed by atoms with Crippen LogP contribution in [0.4, 0.5) is 5.82 Å². The third kappa shape index (κ3) is 6.12. The highest BCUT2D eigenvalue weighted by atomic mass is 16.4. The molecular formula is C26H31N5O3. The Morgan fingerprint density at radius 3 is 3.03 bits per heavy atom. The number of nitrogens with one attached hydrogen (secondary N) is 2. The number of likely N-dealkylation sites (tertiary alicyclic amines) is 1. The first-order valence-corrected chi connectivity index (χ1v) is 12.0. The molecule has 8 nitrogen and oxygen atoms in total. The lowest BCUT2D eigenvalue weighted by atomic mass is 10.00. The van der Waals surface area contributed by atoms with E-state index in [1.807, 2.05) is 6.07 Å². The Morgan fingerprint density at radius 1 is 1.32 bits per heavy atom. The Kier molecular flexibility index (Phi) is 7.76. The van der Waals surface area contributed by atoms with Crippen molar-refractivity contribution in [1.82, 2.24) is 15.2 Å². The molecule has 2 atom stereocenters. The van der Waals surface area contributed by atoms with Crippen molar-refractivity contribution in [2.75, 3.05) is 31.5 Å². The maximum absolute atomic E-state index is 12.5. The van der Waals surface area contributed by atoms with Crippen molar-refractivity contribution >= 4 is 17.7 Å². The number of aryl methyl sites for hydroxylation is 2. The van der Waals surface area contributed by atoms with Gasteiger partial charge in [0.25, 0.3) is 5.91 Å². The first-order chi connectivity index (χ1) is 16.5. The fraction of sp³-hybridized carbons (Fsp3) is 0.462. The Hall–Kier alpha value is -3.44. The molecule has 0 radical (unpaired) electrons. The number of carboxylic acid groups (broad SMARTS) is 1. The van der Waals surface area contributed by atoms with E-state index < -0.39 is 17.9 Å². The van der Waals surface area contributed by atoms with Crippen molar-refractivity contribution in [2.45, 2.75) is 44.6 Å². The van der Waals surface area contributed by atoms with Crippen LogP contribution in [0.1, 0.15) is 52.9 Å². The van der Waals surface area contributed by atoms with Crippen LogP contribution < -0.4 is 10.6 Å². The van der Waals surface area contributed by atoms with Gasteiger partial charge in [-0.05, 0) is 80.8 Å². The summed E-state index contributed by atoms with van der Waals surface area (Å²) in [5, 5.41) is 24.6. The molecule has 178 valence electrons. The molecule has 2 aliphatic heterocycles. The normalized spacial score (nSPS) is 18.4. The van der Waals surface area contributed by atoms with Gasteiger partial charge >= 0.3 is 5.97 Å². The van der Waals surface area contributed by atoms with Crippen LogP contribution in [0.25, 0.3) is 0 Å². The molecule has 0 bridgehead atoms. The highest BCUT2D eigenvalue weighted by molar-refractivity contribution is 5.96. The monoisotopic (exact) mass is 461 g/mol. The highest BCUT2D eigenvalue weighted by Gasteiger charge is 2.26. The first kappa shape index (κ1) is 23.7. The molecule has 3 N–H and O–H groups in total. The molecule has 0 saturated carbocycles. The lowest BCUT2D eigenvalue weighted by molar-refractivity contribution is -0.139. The van der Waals surface area contributed by atoms with Gasteiger partial charge in [-0.1, -0.05) is 12.1 Å². The van der Waals surface area contributed by atoms with Gasteiger partial charge in [0, 0.05) is 30.9 Å². The number of pyridine rings is 1. The molecule has 3 heterocycles. The van der Waals surface area contributed by atoms with Gasteiger partial charge in [0.2, 0.25) is 0 Å². The molecule has 1 amide bonds. The second kappa shape index (κ2) is 11.1. The van der Waals surface area contributed by atoms with Crippen LogP contribution in [-0.4, -0.2) is 59.1 Å². The van der Waals surface area contributed by atoms with Crippen LogP contribution >= 0.6 is 0 Å². The van der Waals surface area contributed by atoms with E-state index in [-0.39, 0.29) is 5.56 Å². The highest BCUT2D eigenvalue weighted by Crippen LogP contribution is 2.24. The molecule has 4 rings (SSSR count). The van der Waals surface area contributed by atoms with Crippen molar-refractivity contribution in [3.8, 4) is 6.07 Å². The zero-order chi connectivity index (χ0) is 23.9. The van der Waals surface area contributed by atoms with Gasteiger partial charge in [-0.2, -0.15) is 5.26 Å². The Labute approximate surface area is 200 Å². The van der Waals surface area contributed by atoms with E-state index in [9.17, 15) is 14.7 Å². The molecule has 0 aliphatic carbocycles. The number of anilines is 1. The van der Waals surface area contributed by atoms with Crippen molar-refractivity contribution in [2.24, 2.45) is 5.92 Å². The van der Waals surface area contributed by atoms with Gasteiger partial charge in [-0.25, -0.2) is 9.78 Å². The molecule has 1 saturated heterocycles. The summed E-state index contributed by atoms with van der Waals surface area (Å²) in [6.45, 7) is 3.49. The van der Waals surface area contributed by atoms with Gasteiger partial charge in [-0.3, -0.25) is 4.79 Å². The Balaban J connectivity index is 1.23. The van der Waals surface area contributed by atoms with Crippen LogP contribution in [0.2, 0.25) is 0 Å². The molecule has 1 aromatic carbocycles. The minimum atomic E-state index is -1.05. The van der Waals surface area contributed by atoms with Crippen molar-refractivity contribution < 1.29 is 14.7 Å². The average molecular weight is 462 g/mol. The fourth-order valence-corrected chi connectivity index (χ4v) is 4.75. The number of amides is 1. The first-order valence-electron chi connectivity index (χ1n) is 12.0. The second-order valence-corrected chi connectivity index (χ2v) is 9.18. The van der Waals surface area contributed by atoms with Crippen LogP contribution in [0.5, 0.6) is 0 Å². The maximum Gasteiger partial charge on any atom is 0.326 e. The molecule has 1 fully saturated rings. The number of aromatic nitrogens is 1. The number of aliphatic carboxylic acids is 1. The number of hydrogen-bond acceptors (Lipinski definition) is 6. The van der Waals surface area contributed by atoms with E-state index in [1.54, 1.807) is 18.2 Å². The molecule has 34 heavy (non-hydrogen) atoms. The summed E-state index contributed by atoms with van der Waals surface area (Å²) in [7, 11) is 0. The molecule has 0 spiro atoms. The molecule has 1 unspecified atom stereocenters. The lowest BCUT2D eigenvalue weighted by Gasteiger charge is -2.20. The van der Waals surface area contributed by atoms with Crippen LogP contribution in [0.15, 0.2) is 36.4 Å². The van der Waals surface area contributed by atoms with Crippen molar-refractivity contribution in [1.29, 1.82) is 5.26 Å². The quantitative estimate of drug-likeness (QED) is 0.525. The summed E-state index contributed by atoms with van der Waals surface area (Å²) in [5.41, 5.74) is 3.09. The number of carbonyl (C=O) groups excluding carboxylic acids is 1. The molecular weight excluding hydrogens is 430 g/mol. The van der Waals surface area contributed by atoms with E-state index in [4.69, 9.17) is 10.2 Å². The van der Waals surface area contributed by atoms with E-state index in [2.05, 4.69) is 27.7 Å². The third-order valence-electron chi connectivity index (χ3n) is 6.72. The molecule has 2 aliphatic rings. The predicted octanol–water partition coefficient (Wildman–Crippen LogP) is 2.84. The van der Waals surface area contributed by atoms with E-state index in [1.165, 1.54) is 11.6 Å². The predicted molar refractivity (Wildman–Crippen MR) is 129 cm³/mol. The average Bonchev–Trinajstić information content (AvgIpc) is 3.32. The fourth-order valence-electron chi connectivity index (χ4n) is 4.75. The van der Waals surface area contributed by atoms with Gasteiger partial charge in [0.15, 0.2) is 0 Å². The van der Waals surface area contributed by atoms with E-state index in [0.717, 1.165) is 63.3 Å². The zero-order valence-electron chi connectivity index (χ0n) is 19.3. The summed E-state index contributed by atoms with van der Waals surface area (Å²) >= 11 is 0. The summed E-state index contributed by atoms with van der Waals surface area (Å²) in [6.07, 6.45) is 5.70. The number of rotatable bonds is 9. The lowest BCUT2D eigenvalue weighted by Crippen LogP contribution is -2.43. The van der Waals surface area contributed by atoms with E-state index >= 15 is 0 Å². The summed E-state index contributed by atoms with van der Waals surface area (Å²) in [4.78, 5) is 31.3. The van der Waals surface area contributed by atoms with Crippen LogP contribution in [0, 0.1) is 17.2 Å². The Bertz CT molecular complexity index is 1080. The molecule has 2 aromatic rings. The smallest absolute Gasteiger partial charge is 0.326 e. The largest absolute Gasteiger partial charge is 0.480 e. The van der Waals surface area contributed by atoms with Crippen molar-refractivity contribution in [3.63, 3.8) is 0 Å². The van der Waals surface area contributed by atoms with Crippen LogP contribution in [0.3, 0.4) is 0 Å². The number of benzene rings is 1. The van der Waals surface area contributed by atoms with Gasteiger partial charge in [-0.15, -0.1) is 0 Å². The second-order valence-electron chi connectivity index (χ2n) is 9.18. The van der Waals surface area contributed by atoms with Crippen LogP contribution in [-0.2, 0) is 17.6 Å². The number of nitrogens with zero attached hydrogens (tertiary/aromatic N) is 3. The van der Waals surface area contributed by atoms with Crippen molar-refractivity contribution in [3.05, 3.63) is 58.8 Å². The number of carboxylic acids is 1. The standard InChI is InChI=1S/C26H31N5O3/c27-16-19-3-1-4-21(15-19)25(32)30-23(26(33)34)11-14-31-13-10-18(17-31)6-8-22-9-7-20-5-2-12-28-24(20)29-22/h1,3-4,7,9,15,18,23H,2,5-6,8,10-14,17H2,(H,28,29)(H,30,32)(H,33,34)/t18-,23?/m1/s1. The summed E-state index contributed by atoms with van der Waals surface area (Å²) < 4.78 is 0. The zero-order valence-corrected chi connectivity index (χ0v) is 19.3. The minimum Gasteiger partial charge on any atom is -0.480 e.